The molecule has 14 heteroatoms. The minimum absolute atomic E-state index is 0.0231. The van der Waals surface area contributed by atoms with Crippen molar-refractivity contribution in [1.29, 1.82) is 5.41 Å². The Kier molecular flexibility index (Phi) is 8.45. The van der Waals surface area contributed by atoms with Crippen LogP contribution in [0.2, 0.25) is 0 Å². The van der Waals surface area contributed by atoms with Gasteiger partial charge in [0.1, 0.15) is 12.4 Å². The number of hydrogen-bond donors (Lipinski definition) is 5. The van der Waals surface area contributed by atoms with Gasteiger partial charge in [0.15, 0.2) is 0 Å². The molecule has 0 unspecified atom stereocenters. The summed E-state index contributed by atoms with van der Waals surface area (Å²) in [7, 11) is -3.95. The lowest BCUT2D eigenvalue weighted by atomic mass is 10.1. The molecule has 182 valence electrons. The molecule has 3 rings (SSSR count). The monoisotopic (exact) mass is 490 g/mol. The number of benzene rings is 1. The summed E-state index contributed by atoms with van der Waals surface area (Å²) in [6.45, 7) is 0.353. The van der Waals surface area contributed by atoms with E-state index in [1.54, 1.807) is 24.5 Å². The molecule has 1 aromatic carbocycles. The van der Waals surface area contributed by atoms with Gasteiger partial charge in [-0.1, -0.05) is 12.1 Å². The Morgan fingerprint density at radius 1 is 1.21 bits per heavy atom. The summed E-state index contributed by atoms with van der Waals surface area (Å²) in [5, 5.41) is 9.52. The van der Waals surface area contributed by atoms with Crippen LogP contribution in [-0.2, 0) is 24.4 Å². The zero-order valence-corrected chi connectivity index (χ0v) is 19.0. The van der Waals surface area contributed by atoms with Gasteiger partial charge in [-0.3, -0.25) is 19.8 Å². The maximum Gasteiger partial charge on any atom is 0.241 e. The lowest BCUT2D eigenvalue weighted by Gasteiger charge is -2.32. The van der Waals surface area contributed by atoms with Crippen molar-refractivity contribution in [2.75, 3.05) is 26.2 Å². The van der Waals surface area contributed by atoms with Crippen molar-refractivity contribution in [1.82, 2.24) is 30.4 Å². The predicted molar refractivity (Wildman–Crippen MR) is 121 cm³/mol. The van der Waals surface area contributed by atoms with E-state index in [9.17, 15) is 18.0 Å². The molecule has 13 nitrogen and oxygen atoms in total. The molecule has 1 saturated heterocycles. The van der Waals surface area contributed by atoms with Crippen molar-refractivity contribution in [2.45, 2.75) is 23.8 Å². The molecule has 1 fully saturated rings. The Hall–Kier alpha value is -3.62. The summed E-state index contributed by atoms with van der Waals surface area (Å²) in [5.41, 5.74) is 8.70. The summed E-state index contributed by atoms with van der Waals surface area (Å²) in [6.07, 6.45) is 5.53. The molecule has 1 aromatic heterocycles. The molecular formula is C20H26N8O5S. The molecule has 0 bridgehead atoms. The van der Waals surface area contributed by atoms with Crippen LogP contribution >= 0.6 is 0 Å². The van der Waals surface area contributed by atoms with E-state index in [2.05, 4.69) is 25.5 Å². The number of hydroxylamine groups is 1. The highest BCUT2D eigenvalue weighted by molar-refractivity contribution is 7.89. The fourth-order valence-corrected chi connectivity index (χ4v) is 4.56. The van der Waals surface area contributed by atoms with Crippen molar-refractivity contribution < 1.29 is 22.8 Å². The van der Waals surface area contributed by atoms with Gasteiger partial charge in [0.25, 0.3) is 0 Å². The van der Waals surface area contributed by atoms with E-state index in [4.69, 9.17) is 16.0 Å². The molecule has 0 saturated carbocycles. The van der Waals surface area contributed by atoms with Gasteiger partial charge in [0.2, 0.25) is 27.8 Å². The van der Waals surface area contributed by atoms with Gasteiger partial charge in [-0.05, 0) is 30.5 Å². The second-order valence-electron chi connectivity index (χ2n) is 7.44. The largest absolute Gasteiger partial charge is 0.368 e. The van der Waals surface area contributed by atoms with Crippen LogP contribution in [0.4, 0.5) is 0 Å². The molecule has 0 radical (unpaired) electrons. The number of likely N-dealkylation sites (tertiary alicyclic amines) is 1. The molecule has 0 aliphatic carbocycles. The van der Waals surface area contributed by atoms with Gasteiger partial charge in [-0.25, -0.2) is 23.9 Å². The van der Waals surface area contributed by atoms with Crippen LogP contribution in [0.3, 0.4) is 0 Å². The second kappa shape index (κ2) is 11.5. The number of hydrogen-bond acceptors (Lipinski definition) is 8. The zero-order valence-electron chi connectivity index (χ0n) is 18.2. The summed E-state index contributed by atoms with van der Waals surface area (Å²) in [5.74, 6) is -1.23. The molecule has 6 N–H and O–H groups in total. The van der Waals surface area contributed by atoms with Crippen LogP contribution in [-0.4, -0.2) is 73.3 Å². The van der Waals surface area contributed by atoms with E-state index >= 15 is 0 Å². The van der Waals surface area contributed by atoms with E-state index in [1.807, 2.05) is 0 Å². The van der Waals surface area contributed by atoms with Crippen LogP contribution in [0.25, 0.3) is 11.1 Å². The van der Waals surface area contributed by atoms with E-state index < -0.39 is 27.9 Å². The lowest BCUT2D eigenvalue weighted by molar-refractivity contribution is -0.139. The van der Waals surface area contributed by atoms with Crippen LogP contribution < -0.4 is 21.3 Å². The first-order valence-electron chi connectivity index (χ1n) is 10.4. The normalized spacial score (nSPS) is 16.2. The number of carbonyl (C=O) groups excluding carboxylic acids is 2. The maximum absolute atomic E-state index is 12.8. The van der Waals surface area contributed by atoms with Crippen molar-refractivity contribution >= 4 is 27.8 Å². The molecule has 1 atom stereocenters. The Balaban J connectivity index is 1.55. The minimum atomic E-state index is -3.95. The average Bonchev–Trinajstić information content (AvgIpc) is 2.82. The van der Waals surface area contributed by atoms with Crippen LogP contribution in [0, 0.1) is 5.41 Å². The van der Waals surface area contributed by atoms with Crippen molar-refractivity contribution in [3.63, 3.8) is 0 Å². The first-order valence-corrected chi connectivity index (χ1v) is 11.9. The van der Waals surface area contributed by atoms with Gasteiger partial charge in [-0.2, -0.15) is 4.72 Å². The van der Waals surface area contributed by atoms with Gasteiger partial charge in [-0.15, -0.1) is 0 Å². The quantitative estimate of drug-likeness (QED) is 0.119. The number of piperidine rings is 1. The number of nitrogens with zero attached hydrogens (tertiary/aromatic N) is 3. The van der Waals surface area contributed by atoms with Gasteiger partial charge < -0.3 is 16.0 Å². The third-order valence-corrected chi connectivity index (χ3v) is 6.42. The van der Waals surface area contributed by atoms with Crippen LogP contribution in [0.1, 0.15) is 12.8 Å². The number of nitrogens with two attached hydrogens (primary N) is 1. The average molecular weight is 491 g/mol. The van der Waals surface area contributed by atoms with Crippen LogP contribution in [0.5, 0.6) is 0 Å². The smallest absolute Gasteiger partial charge is 0.241 e. The molecule has 2 heterocycles. The first kappa shape index (κ1) is 25.0. The number of guanidine groups is 1. The molecule has 0 spiro atoms. The Morgan fingerprint density at radius 2 is 1.91 bits per heavy atom. The predicted octanol–water partition coefficient (Wildman–Crippen LogP) is -1.06. The highest BCUT2D eigenvalue weighted by Gasteiger charge is 2.33. The summed E-state index contributed by atoms with van der Waals surface area (Å²) >= 11 is 0. The molecule has 1 aliphatic heterocycles. The van der Waals surface area contributed by atoms with Gasteiger partial charge >= 0.3 is 0 Å². The standard InChI is InChI=1S/C20H26N8O5S/c21-20(22)26-33-9-7-25-18(29)12-28-8-1-2-17(19(28)30)27-34(31,32)16-5-3-14(4-6-16)15-10-23-13-24-11-15/h3-6,10-11,13,17,27H,1-2,7-9,12H2,(H,25,29)(H4,21,22,26)/t17-/m0/s1. The summed E-state index contributed by atoms with van der Waals surface area (Å²) in [6, 6.07) is 5.22. The topological polar surface area (TPSA) is 192 Å². The van der Waals surface area contributed by atoms with Crippen molar-refractivity contribution in [2.24, 2.45) is 5.73 Å². The Bertz CT molecular complexity index is 1110. The minimum Gasteiger partial charge on any atom is -0.368 e. The number of carbonyl (C=O) groups is 2. The number of sulfonamides is 1. The first-order chi connectivity index (χ1) is 16.3. The Labute approximate surface area is 196 Å². The zero-order chi connectivity index (χ0) is 24.6. The molecular weight excluding hydrogens is 464 g/mol. The third kappa shape index (κ3) is 6.94. The summed E-state index contributed by atoms with van der Waals surface area (Å²) < 4.78 is 28.1. The molecule has 2 aromatic rings. The number of aromatic nitrogens is 2. The number of rotatable bonds is 10. The lowest BCUT2D eigenvalue weighted by Crippen LogP contribution is -2.54. The van der Waals surface area contributed by atoms with Gasteiger partial charge in [0.05, 0.1) is 18.0 Å². The maximum atomic E-state index is 12.8. The van der Waals surface area contributed by atoms with E-state index in [1.165, 1.54) is 23.4 Å². The van der Waals surface area contributed by atoms with E-state index in [0.717, 1.165) is 11.1 Å². The highest BCUT2D eigenvalue weighted by Crippen LogP contribution is 2.21. The fraction of sp³-hybridized carbons (Fsp3) is 0.350. The molecule has 1 aliphatic rings. The molecule has 2 amide bonds. The second-order valence-corrected chi connectivity index (χ2v) is 9.16. The van der Waals surface area contributed by atoms with E-state index in [-0.39, 0.29) is 30.6 Å². The third-order valence-electron chi connectivity index (χ3n) is 4.93. The number of nitrogens with one attached hydrogen (secondary N) is 4. The summed E-state index contributed by atoms with van der Waals surface area (Å²) in [4.78, 5) is 39.0. The van der Waals surface area contributed by atoms with E-state index in [0.29, 0.717) is 19.4 Å². The SMILES string of the molecule is N=C(N)NOCCNC(=O)CN1CCC[C@H](NS(=O)(=O)c2ccc(-c3cncnc3)cc2)C1=O. The van der Waals surface area contributed by atoms with Gasteiger partial charge in [0, 0.05) is 31.0 Å². The molecule has 34 heavy (non-hydrogen) atoms. The number of amides is 2. The highest BCUT2D eigenvalue weighted by atomic mass is 32.2. The van der Waals surface area contributed by atoms with Crippen molar-refractivity contribution in [3.05, 3.63) is 43.0 Å². The Morgan fingerprint density at radius 3 is 2.59 bits per heavy atom. The van der Waals surface area contributed by atoms with Crippen molar-refractivity contribution in [3.8, 4) is 11.1 Å². The fourth-order valence-electron chi connectivity index (χ4n) is 3.34. The van der Waals surface area contributed by atoms with Crippen LogP contribution in [0.15, 0.2) is 47.9 Å².